The Labute approximate surface area is 116 Å². The summed E-state index contributed by atoms with van der Waals surface area (Å²) in [5.41, 5.74) is 1.57. The number of nitriles is 3. The molecule has 0 aliphatic carbocycles. The highest BCUT2D eigenvalue weighted by molar-refractivity contribution is 5.39. The topological polar surface area (TPSA) is 113 Å². The third-order valence-corrected chi connectivity index (χ3v) is 3.17. The lowest BCUT2D eigenvalue weighted by atomic mass is 10.2. The average Bonchev–Trinajstić information content (AvgIpc) is 2.82. The van der Waals surface area contributed by atoms with Crippen molar-refractivity contribution in [3.63, 3.8) is 0 Å². The highest BCUT2D eigenvalue weighted by Crippen LogP contribution is 2.19. The van der Waals surface area contributed by atoms with E-state index in [0.717, 1.165) is 5.70 Å². The van der Waals surface area contributed by atoms with Gasteiger partial charge >= 0.3 is 0 Å². The second-order valence-corrected chi connectivity index (χ2v) is 4.45. The Morgan fingerprint density at radius 1 is 1.25 bits per heavy atom. The van der Waals surface area contributed by atoms with Crippen LogP contribution < -0.4 is 10.6 Å². The van der Waals surface area contributed by atoms with Gasteiger partial charge in [0.15, 0.2) is 11.4 Å². The third kappa shape index (κ3) is 2.15. The maximum Gasteiger partial charge on any atom is 0.177 e. The molecule has 0 spiro atoms. The Morgan fingerprint density at radius 3 is 2.60 bits per heavy atom. The van der Waals surface area contributed by atoms with E-state index >= 15 is 0 Å². The largest absolute Gasteiger partial charge is 0.385 e. The van der Waals surface area contributed by atoms with Gasteiger partial charge in [-0.05, 0) is 13.8 Å². The van der Waals surface area contributed by atoms with Gasteiger partial charge in [0.05, 0.1) is 6.04 Å². The van der Waals surface area contributed by atoms with Crippen LogP contribution in [0.15, 0.2) is 11.4 Å². The zero-order chi connectivity index (χ0) is 14.7. The van der Waals surface area contributed by atoms with Crippen molar-refractivity contribution >= 4 is 0 Å². The van der Waals surface area contributed by atoms with Crippen molar-refractivity contribution in [1.82, 2.24) is 20.2 Å². The maximum atomic E-state index is 9.20. The first-order valence-electron chi connectivity index (χ1n) is 6.14. The smallest absolute Gasteiger partial charge is 0.177 e. The fraction of sp³-hybridized carbons (Fsp3) is 0.385. The summed E-state index contributed by atoms with van der Waals surface area (Å²) >= 11 is 0. The summed E-state index contributed by atoms with van der Waals surface area (Å²) in [6, 6.07) is 5.79. The molecule has 1 aliphatic heterocycles. The molecule has 2 N–H and O–H groups in total. The standard InChI is InChI=1S/C13H13N7/c1-8-10(5-14)18-9(2)13-19-11(6-15)12(7-16)20(13)4-3-17-8/h9,17-18H,3-4H2,1-2H3/b10-8-. The van der Waals surface area contributed by atoms with Gasteiger partial charge in [-0.15, -0.1) is 0 Å². The Morgan fingerprint density at radius 2 is 2.00 bits per heavy atom. The van der Waals surface area contributed by atoms with E-state index in [2.05, 4.69) is 21.7 Å². The lowest BCUT2D eigenvalue weighted by Crippen LogP contribution is -2.22. The van der Waals surface area contributed by atoms with Crippen molar-refractivity contribution in [3.8, 4) is 18.2 Å². The summed E-state index contributed by atoms with van der Waals surface area (Å²) in [6.07, 6.45) is 0. The van der Waals surface area contributed by atoms with Crippen molar-refractivity contribution in [2.45, 2.75) is 26.4 Å². The summed E-state index contributed by atoms with van der Waals surface area (Å²) in [7, 11) is 0. The zero-order valence-electron chi connectivity index (χ0n) is 11.2. The fourth-order valence-corrected chi connectivity index (χ4v) is 2.17. The Bertz CT molecular complexity index is 690. The molecule has 1 aromatic rings. The van der Waals surface area contributed by atoms with Gasteiger partial charge in [-0.2, -0.15) is 15.8 Å². The minimum absolute atomic E-state index is 0.121. The van der Waals surface area contributed by atoms with Crippen LogP contribution in [0.5, 0.6) is 0 Å². The highest BCUT2D eigenvalue weighted by atomic mass is 15.2. The number of hydrogen-bond acceptors (Lipinski definition) is 6. The van der Waals surface area contributed by atoms with Crippen LogP contribution in [0.3, 0.4) is 0 Å². The third-order valence-electron chi connectivity index (χ3n) is 3.17. The highest BCUT2D eigenvalue weighted by Gasteiger charge is 2.23. The lowest BCUT2D eigenvalue weighted by molar-refractivity contribution is 0.562. The quantitative estimate of drug-likeness (QED) is 0.713. The van der Waals surface area contributed by atoms with Crippen LogP contribution in [0.4, 0.5) is 0 Å². The monoisotopic (exact) mass is 267 g/mol. The molecule has 0 saturated heterocycles. The molecule has 2 rings (SSSR count). The number of allylic oxidation sites excluding steroid dienone is 2. The number of hydrogen-bond donors (Lipinski definition) is 2. The molecule has 20 heavy (non-hydrogen) atoms. The summed E-state index contributed by atoms with van der Waals surface area (Å²) < 4.78 is 1.72. The van der Waals surface area contributed by atoms with Crippen LogP contribution in [-0.2, 0) is 6.54 Å². The van der Waals surface area contributed by atoms with E-state index < -0.39 is 0 Å². The molecule has 0 fully saturated rings. The van der Waals surface area contributed by atoms with Crippen molar-refractivity contribution < 1.29 is 0 Å². The molecular formula is C13H13N7. The maximum absolute atomic E-state index is 9.20. The van der Waals surface area contributed by atoms with Gasteiger partial charge in [0, 0.05) is 18.8 Å². The first-order valence-corrected chi connectivity index (χ1v) is 6.14. The summed E-state index contributed by atoms with van der Waals surface area (Å²) in [6.45, 7) is 4.72. The van der Waals surface area contributed by atoms with Crippen molar-refractivity contribution in [1.29, 1.82) is 15.8 Å². The summed E-state index contributed by atoms with van der Waals surface area (Å²) in [4.78, 5) is 4.22. The zero-order valence-corrected chi connectivity index (χ0v) is 11.2. The van der Waals surface area contributed by atoms with E-state index in [4.69, 9.17) is 10.5 Å². The molecule has 7 heteroatoms. The molecule has 1 unspecified atom stereocenters. The van der Waals surface area contributed by atoms with Gasteiger partial charge in [-0.3, -0.25) is 0 Å². The van der Waals surface area contributed by atoms with Crippen LogP contribution in [0, 0.1) is 34.0 Å². The van der Waals surface area contributed by atoms with Crippen molar-refractivity contribution in [2.24, 2.45) is 0 Å². The van der Waals surface area contributed by atoms with Gasteiger partial charge in [0.1, 0.15) is 29.7 Å². The van der Waals surface area contributed by atoms with Gasteiger partial charge in [-0.1, -0.05) is 0 Å². The summed E-state index contributed by atoms with van der Waals surface area (Å²) in [5.74, 6) is 0.586. The second kappa shape index (κ2) is 5.34. The lowest BCUT2D eigenvalue weighted by Gasteiger charge is -2.14. The van der Waals surface area contributed by atoms with E-state index in [0.29, 0.717) is 24.6 Å². The molecule has 0 radical (unpaired) electrons. The number of rotatable bonds is 0. The molecule has 0 saturated carbocycles. The van der Waals surface area contributed by atoms with Crippen molar-refractivity contribution in [3.05, 3.63) is 28.6 Å². The van der Waals surface area contributed by atoms with Crippen LogP contribution in [0.25, 0.3) is 0 Å². The predicted molar refractivity (Wildman–Crippen MR) is 69.5 cm³/mol. The van der Waals surface area contributed by atoms with Crippen LogP contribution in [0.2, 0.25) is 0 Å². The number of aromatic nitrogens is 2. The Balaban J connectivity index is 2.53. The average molecular weight is 267 g/mol. The van der Waals surface area contributed by atoms with Crippen LogP contribution in [0.1, 0.15) is 37.1 Å². The fourth-order valence-electron chi connectivity index (χ4n) is 2.17. The molecule has 0 bridgehead atoms. The number of imidazole rings is 1. The minimum Gasteiger partial charge on any atom is -0.385 e. The van der Waals surface area contributed by atoms with Gasteiger partial charge < -0.3 is 15.2 Å². The molecular weight excluding hydrogens is 254 g/mol. The first kappa shape index (κ1) is 13.5. The van der Waals surface area contributed by atoms with E-state index in [1.807, 2.05) is 26.0 Å². The predicted octanol–water partition coefficient (Wildman–Crippen LogP) is 0.635. The molecule has 0 aromatic carbocycles. The molecule has 1 atom stereocenters. The number of fused-ring (bicyclic) bond motifs is 1. The molecule has 7 nitrogen and oxygen atoms in total. The molecule has 100 valence electrons. The normalized spacial score (nSPS) is 21.6. The van der Waals surface area contributed by atoms with Gasteiger partial charge in [0.2, 0.25) is 0 Å². The van der Waals surface area contributed by atoms with Crippen LogP contribution in [-0.4, -0.2) is 16.1 Å². The molecule has 1 aromatic heterocycles. The first-order chi connectivity index (χ1) is 9.62. The molecule has 2 heterocycles. The molecule has 0 amide bonds. The number of nitrogens with one attached hydrogen (secondary N) is 2. The number of nitrogens with zero attached hydrogens (tertiary/aromatic N) is 5. The van der Waals surface area contributed by atoms with E-state index in [1.165, 1.54) is 0 Å². The van der Waals surface area contributed by atoms with Crippen LogP contribution >= 0.6 is 0 Å². The SMILES string of the molecule is C/C1=C(\C#N)NC(C)c2nc(C#N)c(C#N)n2CCN1. The molecule has 1 aliphatic rings. The Hall–Kier alpha value is -2.98. The Kier molecular flexibility index (Phi) is 3.59. The van der Waals surface area contributed by atoms with E-state index in [9.17, 15) is 5.26 Å². The van der Waals surface area contributed by atoms with Crippen molar-refractivity contribution in [2.75, 3.05) is 6.54 Å². The summed E-state index contributed by atoms with van der Waals surface area (Å²) in [5, 5.41) is 33.6. The second-order valence-electron chi connectivity index (χ2n) is 4.45. The van der Waals surface area contributed by atoms with E-state index in [1.54, 1.807) is 4.57 Å². The van der Waals surface area contributed by atoms with Gasteiger partial charge in [-0.25, -0.2) is 4.98 Å². The minimum atomic E-state index is -0.270. The van der Waals surface area contributed by atoms with Gasteiger partial charge in [0.25, 0.3) is 0 Å². The van der Waals surface area contributed by atoms with E-state index in [-0.39, 0.29) is 17.4 Å².